The molecule has 226 valence electrons. The first kappa shape index (κ1) is 30.6. The lowest BCUT2D eigenvalue weighted by atomic mass is 9.99. The third-order valence-corrected chi connectivity index (χ3v) is 12.5. The highest BCUT2D eigenvalue weighted by molar-refractivity contribution is 6.72. The van der Waals surface area contributed by atoms with Crippen LogP contribution >= 0.6 is 0 Å². The molecule has 4 aromatic rings. The maximum Gasteiger partial charge on any atom is 0.272 e. The quantitative estimate of drug-likeness (QED) is 0.189. The third-order valence-electron chi connectivity index (χ3n) is 8.93. The fourth-order valence-corrected chi connectivity index (χ4v) is 6.09. The summed E-state index contributed by atoms with van der Waals surface area (Å²) in [6.07, 6.45) is 4.90. The molecule has 0 bridgehead atoms. The number of ether oxygens (including phenoxy) is 1. The number of carbonyl (C=O) groups excluding carboxylic acids is 1. The standard InChI is InChI=1S/C34H43N5O3Si/c1-24(2)26-10-8-25(9-11-26)22-42-28-14-12-27(13-15-28)30-31(29-16-18-35-23-36-29)37-39-21-20-38(33(40)32(30)39)19-7-17-34(3,4)43(5,6)41/h8-16,18,23-24,41H,7,17,19-22H2,1-6H3. The number of benzene rings is 2. The Hall–Kier alpha value is -3.82. The minimum atomic E-state index is -2.31. The zero-order chi connectivity index (χ0) is 30.8. The maximum atomic E-state index is 14.0. The van der Waals surface area contributed by atoms with Gasteiger partial charge in [-0.05, 0) is 71.8 Å². The van der Waals surface area contributed by atoms with Crippen LogP contribution in [0.5, 0.6) is 5.75 Å². The van der Waals surface area contributed by atoms with Crippen molar-refractivity contribution in [3.05, 3.63) is 83.9 Å². The summed E-state index contributed by atoms with van der Waals surface area (Å²) in [6, 6.07) is 18.2. The maximum absolute atomic E-state index is 14.0. The van der Waals surface area contributed by atoms with E-state index in [0.29, 0.717) is 49.2 Å². The van der Waals surface area contributed by atoms with Gasteiger partial charge in [-0.2, -0.15) is 5.10 Å². The number of hydrogen-bond donors (Lipinski definition) is 1. The lowest BCUT2D eigenvalue weighted by molar-refractivity contribution is 0.0694. The molecule has 8 nitrogen and oxygen atoms in total. The second-order valence-electron chi connectivity index (χ2n) is 12.9. The van der Waals surface area contributed by atoms with Gasteiger partial charge in [0.15, 0.2) is 8.32 Å². The van der Waals surface area contributed by atoms with Crippen LogP contribution in [-0.4, -0.2) is 56.8 Å². The zero-order valence-corrected chi connectivity index (χ0v) is 27.2. The van der Waals surface area contributed by atoms with Gasteiger partial charge in [-0.15, -0.1) is 0 Å². The van der Waals surface area contributed by atoms with Crippen LogP contribution in [0.25, 0.3) is 22.5 Å². The predicted molar refractivity (Wildman–Crippen MR) is 172 cm³/mol. The summed E-state index contributed by atoms with van der Waals surface area (Å²) in [7, 11) is -2.31. The second-order valence-corrected chi connectivity index (χ2v) is 17.4. The van der Waals surface area contributed by atoms with Gasteiger partial charge in [0.05, 0.1) is 12.2 Å². The number of rotatable bonds is 11. The van der Waals surface area contributed by atoms with E-state index < -0.39 is 8.32 Å². The van der Waals surface area contributed by atoms with Crippen LogP contribution in [0.4, 0.5) is 0 Å². The molecule has 0 atom stereocenters. The fourth-order valence-electron chi connectivity index (χ4n) is 5.31. The minimum absolute atomic E-state index is 0.0301. The summed E-state index contributed by atoms with van der Waals surface area (Å²) in [5, 5.41) is 4.75. The molecule has 0 saturated heterocycles. The van der Waals surface area contributed by atoms with Gasteiger partial charge in [-0.3, -0.25) is 9.48 Å². The van der Waals surface area contributed by atoms with E-state index >= 15 is 0 Å². The van der Waals surface area contributed by atoms with E-state index in [1.165, 1.54) is 11.9 Å². The van der Waals surface area contributed by atoms with Crippen molar-refractivity contribution >= 4 is 14.2 Å². The molecule has 0 saturated carbocycles. The Balaban J connectivity index is 1.38. The first-order valence-corrected chi connectivity index (χ1v) is 18.1. The minimum Gasteiger partial charge on any atom is -0.489 e. The molecule has 5 rings (SSSR count). The van der Waals surface area contributed by atoms with E-state index in [0.717, 1.165) is 35.3 Å². The SMILES string of the molecule is CC(C)c1ccc(COc2ccc(-c3c(-c4ccncn4)nn4c3C(=O)N(CCCC(C)(C)[Si](C)(C)O)CC4)cc2)cc1. The normalized spacial score (nSPS) is 13.9. The van der Waals surface area contributed by atoms with Gasteiger partial charge in [0, 0.05) is 24.8 Å². The van der Waals surface area contributed by atoms with Gasteiger partial charge in [0.1, 0.15) is 30.1 Å². The molecule has 2 aromatic carbocycles. The molecule has 0 spiro atoms. The smallest absolute Gasteiger partial charge is 0.272 e. The average molecular weight is 598 g/mol. The van der Waals surface area contributed by atoms with Crippen LogP contribution in [0.2, 0.25) is 18.1 Å². The lowest BCUT2D eigenvalue weighted by Gasteiger charge is -2.36. The zero-order valence-electron chi connectivity index (χ0n) is 26.2. The molecule has 2 aromatic heterocycles. The number of carbonyl (C=O) groups is 1. The van der Waals surface area contributed by atoms with Crippen LogP contribution in [0.3, 0.4) is 0 Å². The van der Waals surface area contributed by atoms with Crippen molar-refractivity contribution in [3.63, 3.8) is 0 Å². The summed E-state index contributed by atoms with van der Waals surface area (Å²) < 4.78 is 7.92. The van der Waals surface area contributed by atoms with Gasteiger partial charge in [0.2, 0.25) is 0 Å². The highest BCUT2D eigenvalue weighted by Gasteiger charge is 2.38. The number of nitrogens with zero attached hydrogens (tertiary/aromatic N) is 5. The van der Waals surface area contributed by atoms with Crippen molar-refractivity contribution in [2.45, 2.75) is 77.7 Å². The number of aromatic nitrogens is 4. The van der Waals surface area contributed by atoms with Gasteiger partial charge in [-0.1, -0.05) is 64.1 Å². The summed E-state index contributed by atoms with van der Waals surface area (Å²) in [5.41, 5.74) is 6.00. The van der Waals surface area contributed by atoms with Crippen LogP contribution in [0, 0.1) is 0 Å². The first-order valence-electron chi connectivity index (χ1n) is 15.2. The second kappa shape index (κ2) is 12.4. The molecular weight excluding hydrogens is 554 g/mol. The highest BCUT2D eigenvalue weighted by atomic mass is 28.4. The molecule has 0 radical (unpaired) electrons. The van der Waals surface area contributed by atoms with Crippen molar-refractivity contribution in [1.82, 2.24) is 24.6 Å². The molecule has 0 aliphatic carbocycles. The van der Waals surface area contributed by atoms with Crippen molar-refractivity contribution in [3.8, 4) is 28.3 Å². The Morgan fingerprint density at radius 3 is 2.37 bits per heavy atom. The van der Waals surface area contributed by atoms with E-state index in [9.17, 15) is 9.59 Å². The van der Waals surface area contributed by atoms with Crippen molar-refractivity contribution in [2.24, 2.45) is 0 Å². The molecule has 9 heteroatoms. The monoisotopic (exact) mass is 597 g/mol. The summed E-state index contributed by atoms with van der Waals surface area (Å²) in [4.78, 5) is 35.1. The molecule has 1 aliphatic rings. The Bertz CT molecular complexity index is 1540. The Kier molecular flexibility index (Phi) is 8.85. The molecule has 3 heterocycles. The highest BCUT2D eigenvalue weighted by Crippen LogP contribution is 2.40. The largest absolute Gasteiger partial charge is 0.489 e. The van der Waals surface area contributed by atoms with Crippen LogP contribution in [0.1, 0.15) is 68.1 Å². The Morgan fingerprint density at radius 2 is 1.74 bits per heavy atom. The van der Waals surface area contributed by atoms with Crippen LogP contribution < -0.4 is 4.74 Å². The molecular formula is C34H43N5O3Si. The van der Waals surface area contributed by atoms with Crippen LogP contribution in [0.15, 0.2) is 67.1 Å². The van der Waals surface area contributed by atoms with Gasteiger partial charge < -0.3 is 14.4 Å². The van der Waals surface area contributed by atoms with Gasteiger partial charge in [-0.25, -0.2) is 9.97 Å². The summed E-state index contributed by atoms with van der Waals surface area (Å²) in [5.74, 6) is 1.22. The van der Waals surface area contributed by atoms with Gasteiger partial charge >= 0.3 is 0 Å². The van der Waals surface area contributed by atoms with E-state index in [-0.39, 0.29) is 10.9 Å². The topological polar surface area (TPSA) is 93.4 Å². The average Bonchev–Trinajstić information content (AvgIpc) is 3.38. The van der Waals surface area contributed by atoms with E-state index in [4.69, 9.17) is 9.84 Å². The van der Waals surface area contributed by atoms with E-state index in [1.807, 2.05) is 53.0 Å². The summed E-state index contributed by atoms with van der Waals surface area (Å²) in [6.45, 7) is 14.9. The molecule has 0 fully saturated rings. The van der Waals surface area contributed by atoms with Crippen LogP contribution in [-0.2, 0) is 13.2 Å². The van der Waals surface area contributed by atoms with E-state index in [2.05, 4.69) is 61.9 Å². The number of fused-ring (bicyclic) bond motifs is 1. The third kappa shape index (κ3) is 6.73. The molecule has 1 aliphatic heterocycles. The Labute approximate surface area is 255 Å². The molecule has 0 unspecified atom stereocenters. The molecule has 43 heavy (non-hydrogen) atoms. The molecule has 1 amide bonds. The Morgan fingerprint density at radius 1 is 1.02 bits per heavy atom. The predicted octanol–water partition coefficient (Wildman–Crippen LogP) is 6.92. The fraction of sp³-hybridized carbons (Fsp3) is 0.412. The van der Waals surface area contributed by atoms with Crippen molar-refractivity contribution in [1.29, 1.82) is 0 Å². The number of amides is 1. The first-order chi connectivity index (χ1) is 20.4. The molecule has 1 N–H and O–H groups in total. The number of hydrogen-bond acceptors (Lipinski definition) is 6. The van der Waals surface area contributed by atoms with Gasteiger partial charge in [0.25, 0.3) is 5.91 Å². The van der Waals surface area contributed by atoms with Crippen molar-refractivity contribution < 1.29 is 14.3 Å². The van der Waals surface area contributed by atoms with E-state index in [1.54, 1.807) is 6.20 Å². The van der Waals surface area contributed by atoms with Crippen molar-refractivity contribution in [2.75, 3.05) is 13.1 Å². The lowest BCUT2D eigenvalue weighted by Crippen LogP contribution is -2.42. The summed E-state index contributed by atoms with van der Waals surface area (Å²) >= 11 is 0.